The highest BCUT2D eigenvalue weighted by Gasteiger charge is 2.34. The second-order valence-corrected chi connectivity index (χ2v) is 7.46. The van der Waals surface area contributed by atoms with Crippen LogP contribution in [0.1, 0.15) is 46.5 Å². The van der Waals surface area contributed by atoms with Crippen LogP contribution in [0.3, 0.4) is 0 Å². The van der Waals surface area contributed by atoms with Crippen molar-refractivity contribution in [2.45, 2.75) is 52.5 Å². The van der Waals surface area contributed by atoms with E-state index >= 15 is 0 Å². The maximum absolute atomic E-state index is 11.3. The van der Waals surface area contributed by atoms with Gasteiger partial charge >= 0.3 is 0 Å². The second kappa shape index (κ2) is 7.04. The summed E-state index contributed by atoms with van der Waals surface area (Å²) >= 11 is 0. The first-order valence-corrected chi connectivity index (χ1v) is 8.37. The number of piperidine rings is 1. The number of likely N-dealkylation sites (N-methyl/N-ethyl adjacent to an activating group) is 1. The van der Waals surface area contributed by atoms with Crippen LogP contribution in [0.15, 0.2) is 0 Å². The van der Waals surface area contributed by atoms with E-state index in [0.29, 0.717) is 12.6 Å². The predicted octanol–water partition coefficient (Wildman–Crippen LogP) is 2.65. The molecule has 0 amide bonds. The van der Waals surface area contributed by atoms with Crippen molar-refractivity contribution in [3.05, 3.63) is 0 Å². The third-order valence-electron chi connectivity index (χ3n) is 5.49. The predicted molar refractivity (Wildman–Crippen MR) is 83.8 cm³/mol. The van der Waals surface area contributed by atoms with E-state index in [-0.39, 0.29) is 5.78 Å². The Morgan fingerprint density at radius 3 is 2.45 bits per heavy atom. The summed E-state index contributed by atoms with van der Waals surface area (Å²) in [6.07, 6.45) is 5.28. The molecule has 1 aliphatic carbocycles. The van der Waals surface area contributed by atoms with Crippen LogP contribution in [0.4, 0.5) is 0 Å². The summed E-state index contributed by atoms with van der Waals surface area (Å²) in [5, 5.41) is 0. The first kappa shape index (κ1) is 16.0. The number of ketones is 1. The third-order valence-corrected chi connectivity index (χ3v) is 5.49. The summed E-state index contributed by atoms with van der Waals surface area (Å²) in [6.45, 7) is 10.9. The van der Waals surface area contributed by atoms with Gasteiger partial charge in [0.2, 0.25) is 0 Å². The molecule has 0 unspecified atom stereocenters. The number of carbonyl (C=O) groups excluding carboxylic acids is 1. The lowest BCUT2D eigenvalue weighted by atomic mass is 9.94. The van der Waals surface area contributed by atoms with Gasteiger partial charge < -0.3 is 4.90 Å². The van der Waals surface area contributed by atoms with E-state index in [4.69, 9.17) is 0 Å². The number of rotatable bonds is 5. The van der Waals surface area contributed by atoms with E-state index in [1.807, 2.05) is 0 Å². The summed E-state index contributed by atoms with van der Waals surface area (Å²) in [6, 6.07) is 0.614. The molecule has 3 heteroatoms. The molecule has 1 aliphatic heterocycles. The lowest BCUT2D eigenvalue weighted by Gasteiger charge is -2.33. The molecule has 116 valence electrons. The molecule has 2 aliphatic rings. The van der Waals surface area contributed by atoms with Crippen molar-refractivity contribution in [3.8, 4) is 0 Å². The molecule has 0 aromatic carbocycles. The Balaban J connectivity index is 1.80. The molecule has 2 fully saturated rings. The van der Waals surface area contributed by atoms with Crippen molar-refractivity contribution in [2.24, 2.45) is 17.8 Å². The number of hydrogen-bond acceptors (Lipinski definition) is 3. The van der Waals surface area contributed by atoms with Gasteiger partial charge in [0.1, 0.15) is 5.78 Å². The van der Waals surface area contributed by atoms with Crippen LogP contribution < -0.4 is 0 Å². The molecule has 1 saturated heterocycles. The van der Waals surface area contributed by atoms with Gasteiger partial charge in [0.05, 0.1) is 6.54 Å². The lowest BCUT2D eigenvalue weighted by molar-refractivity contribution is -0.118. The van der Waals surface area contributed by atoms with Crippen LogP contribution in [0.25, 0.3) is 0 Å². The fraction of sp³-hybridized carbons (Fsp3) is 0.941. The minimum Gasteiger partial charge on any atom is -0.303 e. The molecular weight excluding hydrogens is 248 g/mol. The average Bonchev–Trinajstić information content (AvgIpc) is 2.73. The van der Waals surface area contributed by atoms with E-state index in [2.05, 4.69) is 30.7 Å². The molecule has 0 aromatic rings. The Morgan fingerprint density at radius 2 is 1.85 bits per heavy atom. The number of Topliss-reactive ketones (excluding diaryl/α,β-unsaturated/α-hetero) is 1. The Bertz CT molecular complexity index is 323. The zero-order chi connectivity index (χ0) is 14.7. The molecular formula is C17H32N2O. The van der Waals surface area contributed by atoms with Crippen molar-refractivity contribution >= 4 is 5.78 Å². The number of carbonyl (C=O) groups is 1. The fourth-order valence-corrected chi connectivity index (χ4v) is 3.97. The van der Waals surface area contributed by atoms with Crippen LogP contribution in [-0.2, 0) is 4.79 Å². The van der Waals surface area contributed by atoms with Crippen LogP contribution in [0.5, 0.6) is 0 Å². The standard InChI is InChI=1S/C17H32N2O/c1-13-5-7-19(8-6-13)12-16-10-17(9-14(16)2)18(4)11-15(3)20/h13-14,16-17H,5-12H2,1-4H3/t14-,16+,17-/m0/s1. The zero-order valence-corrected chi connectivity index (χ0v) is 13.8. The largest absolute Gasteiger partial charge is 0.303 e. The van der Waals surface area contributed by atoms with E-state index in [0.717, 1.165) is 17.8 Å². The van der Waals surface area contributed by atoms with Crippen LogP contribution in [-0.4, -0.2) is 54.9 Å². The van der Waals surface area contributed by atoms with E-state index in [1.54, 1.807) is 6.92 Å². The van der Waals surface area contributed by atoms with Crippen LogP contribution in [0, 0.1) is 17.8 Å². The number of hydrogen-bond donors (Lipinski definition) is 0. The number of nitrogens with zero attached hydrogens (tertiary/aromatic N) is 2. The first-order valence-electron chi connectivity index (χ1n) is 8.37. The molecule has 3 atom stereocenters. The van der Waals surface area contributed by atoms with Gasteiger partial charge in [-0.05, 0) is 70.5 Å². The lowest BCUT2D eigenvalue weighted by Crippen LogP contribution is -2.37. The molecule has 20 heavy (non-hydrogen) atoms. The fourth-order valence-electron chi connectivity index (χ4n) is 3.97. The Labute approximate surface area is 124 Å². The molecule has 0 bridgehead atoms. The minimum absolute atomic E-state index is 0.286. The van der Waals surface area contributed by atoms with Crippen molar-refractivity contribution in [1.82, 2.24) is 9.80 Å². The number of likely N-dealkylation sites (tertiary alicyclic amines) is 1. The van der Waals surface area contributed by atoms with Crippen molar-refractivity contribution in [3.63, 3.8) is 0 Å². The molecule has 1 saturated carbocycles. The van der Waals surface area contributed by atoms with Crippen LogP contribution >= 0.6 is 0 Å². The molecule has 0 aromatic heterocycles. The third kappa shape index (κ3) is 4.29. The van der Waals surface area contributed by atoms with Gasteiger partial charge in [-0.3, -0.25) is 9.69 Å². The summed E-state index contributed by atoms with van der Waals surface area (Å²) in [5.41, 5.74) is 0. The molecule has 3 nitrogen and oxygen atoms in total. The molecule has 0 spiro atoms. The maximum atomic E-state index is 11.3. The topological polar surface area (TPSA) is 23.6 Å². The van der Waals surface area contributed by atoms with Gasteiger partial charge in [0.25, 0.3) is 0 Å². The highest BCUT2D eigenvalue weighted by molar-refractivity contribution is 5.77. The molecule has 0 N–H and O–H groups in total. The van der Waals surface area contributed by atoms with E-state index in [1.165, 1.54) is 45.3 Å². The summed E-state index contributed by atoms with van der Waals surface area (Å²) in [5.74, 6) is 2.83. The summed E-state index contributed by atoms with van der Waals surface area (Å²) in [4.78, 5) is 16.2. The van der Waals surface area contributed by atoms with Gasteiger partial charge in [-0.15, -0.1) is 0 Å². The maximum Gasteiger partial charge on any atom is 0.143 e. The van der Waals surface area contributed by atoms with E-state index in [9.17, 15) is 4.79 Å². The molecule has 0 radical (unpaired) electrons. The highest BCUT2D eigenvalue weighted by Crippen LogP contribution is 2.35. The normalized spacial score (nSPS) is 33.0. The minimum atomic E-state index is 0.286. The zero-order valence-electron chi connectivity index (χ0n) is 13.8. The Hall–Kier alpha value is -0.410. The smallest absolute Gasteiger partial charge is 0.143 e. The van der Waals surface area contributed by atoms with Gasteiger partial charge in [-0.25, -0.2) is 0 Å². The quantitative estimate of drug-likeness (QED) is 0.773. The van der Waals surface area contributed by atoms with Gasteiger partial charge in [0.15, 0.2) is 0 Å². The van der Waals surface area contributed by atoms with Crippen molar-refractivity contribution in [1.29, 1.82) is 0 Å². The average molecular weight is 280 g/mol. The molecule has 2 rings (SSSR count). The Kier molecular flexibility index (Phi) is 5.62. The van der Waals surface area contributed by atoms with Crippen molar-refractivity contribution in [2.75, 3.05) is 33.2 Å². The van der Waals surface area contributed by atoms with Gasteiger partial charge in [-0.1, -0.05) is 13.8 Å². The van der Waals surface area contributed by atoms with Gasteiger partial charge in [0, 0.05) is 12.6 Å². The summed E-state index contributed by atoms with van der Waals surface area (Å²) < 4.78 is 0. The monoisotopic (exact) mass is 280 g/mol. The van der Waals surface area contributed by atoms with Crippen molar-refractivity contribution < 1.29 is 4.79 Å². The second-order valence-electron chi connectivity index (χ2n) is 7.46. The first-order chi connectivity index (χ1) is 9.45. The summed E-state index contributed by atoms with van der Waals surface area (Å²) in [7, 11) is 2.11. The Morgan fingerprint density at radius 1 is 1.20 bits per heavy atom. The SMILES string of the molecule is CC(=O)CN(C)[C@@H]1C[C@H](CN2CCC(C)CC2)[C@@H](C)C1. The van der Waals surface area contributed by atoms with E-state index < -0.39 is 0 Å². The van der Waals surface area contributed by atoms with Gasteiger partial charge in [-0.2, -0.15) is 0 Å². The molecule has 1 heterocycles. The van der Waals surface area contributed by atoms with Crippen LogP contribution in [0.2, 0.25) is 0 Å². The highest BCUT2D eigenvalue weighted by atomic mass is 16.1.